The lowest BCUT2D eigenvalue weighted by atomic mass is 9.98. The van der Waals surface area contributed by atoms with Gasteiger partial charge in [0.1, 0.15) is 17.2 Å². The number of ether oxygens (including phenoxy) is 2. The molecule has 1 aromatic heterocycles. The highest BCUT2D eigenvalue weighted by Gasteiger charge is 2.26. The Bertz CT molecular complexity index is 1130. The summed E-state index contributed by atoms with van der Waals surface area (Å²) in [5, 5.41) is 26.7. The van der Waals surface area contributed by atoms with Crippen molar-refractivity contribution in [3.05, 3.63) is 47.1 Å². The number of hydrogen-bond donors (Lipinski definition) is 3. The number of benzene rings is 2. The number of phenols is 2. The first-order chi connectivity index (χ1) is 15.3. The molecule has 0 saturated heterocycles. The summed E-state index contributed by atoms with van der Waals surface area (Å²) >= 11 is 6.01. The Morgan fingerprint density at radius 3 is 2.50 bits per heavy atom. The molecular weight excluding hydrogens is 440 g/mol. The van der Waals surface area contributed by atoms with Crippen molar-refractivity contribution in [3.8, 4) is 39.7 Å². The Morgan fingerprint density at radius 2 is 1.84 bits per heavy atom. The molecule has 0 atom stereocenters. The van der Waals surface area contributed by atoms with Crippen LogP contribution >= 0.6 is 11.6 Å². The van der Waals surface area contributed by atoms with Crippen LogP contribution in [0.25, 0.3) is 22.5 Å². The van der Waals surface area contributed by atoms with Crippen molar-refractivity contribution in [2.24, 2.45) is 0 Å². The number of phenolic OH excluding ortho intramolecular Hbond substituents is 2. The van der Waals surface area contributed by atoms with E-state index in [-0.39, 0.29) is 52.5 Å². The molecule has 0 fully saturated rings. The zero-order valence-corrected chi connectivity index (χ0v) is 18.1. The summed E-state index contributed by atoms with van der Waals surface area (Å²) in [5.41, 5.74) is 1.02. The van der Waals surface area contributed by atoms with Crippen LogP contribution in [-0.2, 0) is 9.53 Å². The minimum atomic E-state index is -0.528. The summed E-state index contributed by atoms with van der Waals surface area (Å²) in [6.45, 7) is 0.217. The zero-order valence-electron chi connectivity index (χ0n) is 17.3. The smallest absolute Gasteiger partial charge is 0.305 e. The summed E-state index contributed by atoms with van der Waals surface area (Å²) in [6.07, 6.45) is 0.543. The van der Waals surface area contributed by atoms with Crippen LogP contribution in [0.5, 0.6) is 17.2 Å². The molecule has 0 spiro atoms. The SMILES string of the molecule is COC(=O)CCCNC(=O)c1noc(-c2cc(Cl)c(O)cc2O)c1-c1ccc(OC)cc1. The molecule has 3 aromatic rings. The van der Waals surface area contributed by atoms with Crippen LogP contribution in [-0.4, -0.2) is 48.0 Å². The lowest BCUT2D eigenvalue weighted by Gasteiger charge is -2.09. The van der Waals surface area contributed by atoms with Gasteiger partial charge in [-0.15, -0.1) is 0 Å². The van der Waals surface area contributed by atoms with Gasteiger partial charge in [0.15, 0.2) is 11.5 Å². The standard InChI is InChI=1S/C22H21ClN2O7/c1-30-13-7-5-12(6-8-13)19-20(22(29)24-9-3-4-18(28)31-2)25-32-21(19)14-10-15(23)17(27)11-16(14)26/h5-8,10-11,26-27H,3-4,9H2,1-2H3,(H,24,29). The first-order valence-electron chi connectivity index (χ1n) is 9.56. The molecule has 0 radical (unpaired) electrons. The first kappa shape index (κ1) is 23.0. The Kier molecular flexibility index (Phi) is 7.21. The minimum Gasteiger partial charge on any atom is -0.507 e. The zero-order chi connectivity index (χ0) is 23.3. The highest BCUT2D eigenvalue weighted by molar-refractivity contribution is 6.32. The largest absolute Gasteiger partial charge is 0.507 e. The Balaban J connectivity index is 2.00. The molecule has 0 unspecified atom stereocenters. The summed E-state index contributed by atoms with van der Waals surface area (Å²) < 4.78 is 15.2. The van der Waals surface area contributed by atoms with Gasteiger partial charge in [0.05, 0.1) is 30.4 Å². The van der Waals surface area contributed by atoms with E-state index in [1.807, 2.05) is 0 Å². The summed E-state index contributed by atoms with van der Waals surface area (Å²) in [5.74, 6) is -0.808. The van der Waals surface area contributed by atoms with E-state index in [9.17, 15) is 19.8 Å². The van der Waals surface area contributed by atoms with Gasteiger partial charge in [0.25, 0.3) is 5.91 Å². The molecule has 168 valence electrons. The number of methoxy groups -OCH3 is 2. The second kappa shape index (κ2) is 10.1. The number of esters is 1. The molecule has 0 bridgehead atoms. The van der Waals surface area contributed by atoms with Gasteiger partial charge in [0.2, 0.25) is 0 Å². The Labute approximate surface area is 188 Å². The van der Waals surface area contributed by atoms with Crippen molar-refractivity contribution in [2.75, 3.05) is 20.8 Å². The highest BCUT2D eigenvalue weighted by atomic mass is 35.5. The Morgan fingerprint density at radius 1 is 1.12 bits per heavy atom. The van der Waals surface area contributed by atoms with Gasteiger partial charge in [-0.3, -0.25) is 9.59 Å². The Hall–Kier alpha value is -3.72. The van der Waals surface area contributed by atoms with Gasteiger partial charge in [-0.05, 0) is 30.2 Å². The third-order valence-electron chi connectivity index (χ3n) is 4.67. The fourth-order valence-corrected chi connectivity index (χ4v) is 3.17. The molecule has 32 heavy (non-hydrogen) atoms. The number of nitrogens with zero attached hydrogens (tertiary/aromatic N) is 1. The van der Waals surface area contributed by atoms with Gasteiger partial charge in [0, 0.05) is 19.0 Å². The van der Waals surface area contributed by atoms with Crippen molar-refractivity contribution in [1.82, 2.24) is 10.5 Å². The normalized spacial score (nSPS) is 10.6. The molecule has 3 rings (SSSR count). The quantitative estimate of drug-likeness (QED) is 0.342. The number of carbonyl (C=O) groups excluding carboxylic acids is 2. The fourth-order valence-electron chi connectivity index (χ4n) is 3.01. The van der Waals surface area contributed by atoms with E-state index in [2.05, 4.69) is 15.2 Å². The molecule has 0 saturated carbocycles. The van der Waals surface area contributed by atoms with Crippen LogP contribution in [0.15, 0.2) is 40.9 Å². The minimum absolute atomic E-state index is 0.0105. The van der Waals surface area contributed by atoms with Crippen molar-refractivity contribution in [1.29, 1.82) is 0 Å². The second-order valence-corrected chi connectivity index (χ2v) is 7.13. The van der Waals surface area contributed by atoms with Crippen LogP contribution in [0.3, 0.4) is 0 Å². The molecule has 10 heteroatoms. The van der Waals surface area contributed by atoms with E-state index in [0.717, 1.165) is 6.07 Å². The molecule has 1 amide bonds. The third-order valence-corrected chi connectivity index (χ3v) is 4.97. The lowest BCUT2D eigenvalue weighted by Crippen LogP contribution is -2.25. The molecule has 0 aliphatic rings. The van der Waals surface area contributed by atoms with Crippen LogP contribution < -0.4 is 10.1 Å². The van der Waals surface area contributed by atoms with E-state index < -0.39 is 5.91 Å². The number of rotatable bonds is 8. The van der Waals surface area contributed by atoms with Crippen molar-refractivity contribution in [3.63, 3.8) is 0 Å². The van der Waals surface area contributed by atoms with Crippen LogP contribution in [0.1, 0.15) is 23.3 Å². The molecule has 2 aromatic carbocycles. The fraction of sp³-hybridized carbons (Fsp3) is 0.227. The van der Waals surface area contributed by atoms with Gasteiger partial charge < -0.3 is 29.5 Å². The third kappa shape index (κ3) is 4.94. The van der Waals surface area contributed by atoms with E-state index in [1.54, 1.807) is 24.3 Å². The summed E-state index contributed by atoms with van der Waals surface area (Å²) in [7, 11) is 2.83. The van der Waals surface area contributed by atoms with Crippen molar-refractivity contribution < 1.29 is 33.8 Å². The van der Waals surface area contributed by atoms with Crippen molar-refractivity contribution in [2.45, 2.75) is 12.8 Å². The molecule has 0 aliphatic carbocycles. The number of amides is 1. The summed E-state index contributed by atoms with van der Waals surface area (Å²) in [4.78, 5) is 24.1. The number of aromatic nitrogens is 1. The van der Waals surface area contributed by atoms with Gasteiger partial charge >= 0.3 is 5.97 Å². The van der Waals surface area contributed by atoms with E-state index in [0.29, 0.717) is 23.3 Å². The van der Waals surface area contributed by atoms with E-state index in [1.165, 1.54) is 20.3 Å². The van der Waals surface area contributed by atoms with Gasteiger partial charge in [-0.2, -0.15) is 0 Å². The number of aromatic hydroxyl groups is 2. The molecule has 0 aliphatic heterocycles. The monoisotopic (exact) mass is 460 g/mol. The van der Waals surface area contributed by atoms with E-state index >= 15 is 0 Å². The maximum atomic E-state index is 12.8. The topological polar surface area (TPSA) is 131 Å². The van der Waals surface area contributed by atoms with Crippen LogP contribution in [0, 0.1) is 0 Å². The highest BCUT2D eigenvalue weighted by Crippen LogP contribution is 2.43. The number of carbonyl (C=O) groups is 2. The van der Waals surface area contributed by atoms with Crippen molar-refractivity contribution >= 4 is 23.5 Å². The summed E-state index contributed by atoms with van der Waals surface area (Å²) in [6, 6.07) is 9.22. The van der Waals surface area contributed by atoms with Gasteiger partial charge in [-0.25, -0.2) is 0 Å². The average Bonchev–Trinajstić information content (AvgIpc) is 3.23. The van der Waals surface area contributed by atoms with Gasteiger partial charge in [-0.1, -0.05) is 28.9 Å². The average molecular weight is 461 g/mol. The molecule has 9 nitrogen and oxygen atoms in total. The maximum Gasteiger partial charge on any atom is 0.305 e. The molecule has 1 heterocycles. The number of nitrogens with one attached hydrogen (secondary N) is 1. The molecule has 3 N–H and O–H groups in total. The van der Waals surface area contributed by atoms with Crippen LogP contribution in [0.2, 0.25) is 5.02 Å². The maximum absolute atomic E-state index is 12.8. The first-order valence-corrected chi connectivity index (χ1v) is 9.94. The number of halogens is 1. The number of hydrogen-bond acceptors (Lipinski definition) is 8. The van der Waals surface area contributed by atoms with E-state index in [4.69, 9.17) is 20.9 Å². The molecular formula is C22H21ClN2O7. The second-order valence-electron chi connectivity index (χ2n) is 6.72. The van der Waals surface area contributed by atoms with Crippen LogP contribution in [0.4, 0.5) is 0 Å². The predicted octanol–water partition coefficient (Wildman–Crippen LogP) is 3.76. The lowest BCUT2D eigenvalue weighted by molar-refractivity contribution is -0.140. The predicted molar refractivity (Wildman–Crippen MR) is 116 cm³/mol.